The zero-order chi connectivity index (χ0) is 30.9. The highest BCUT2D eigenvalue weighted by atomic mass is 16.7. The van der Waals surface area contributed by atoms with Gasteiger partial charge in [0.2, 0.25) is 0 Å². The van der Waals surface area contributed by atoms with E-state index in [1.807, 2.05) is 0 Å². The minimum Gasteiger partial charge on any atom is -0.463 e. The van der Waals surface area contributed by atoms with Crippen molar-refractivity contribution < 1.29 is 59.5 Å². The van der Waals surface area contributed by atoms with Crippen LogP contribution in [0.4, 0.5) is 0 Å². The molecule has 0 radical (unpaired) electrons. The lowest BCUT2D eigenvalue weighted by atomic mass is 9.97. The number of aliphatic hydroxyl groups is 7. The van der Waals surface area contributed by atoms with Crippen molar-refractivity contribution in [3.05, 3.63) is 0 Å². The van der Waals surface area contributed by atoms with Crippen molar-refractivity contribution in [1.29, 1.82) is 0 Å². The van der Waals surface area contributed by atoms with Crippen LogP contribution in [0.5, 0.6) is 0 Å². The van der Waals surface area contributed by atoms with Crippen LogP contribution >= 0.6 is 0 Å². The standard InChI is InChI=1S/C30H56O12/c1-2-3-4-5-6-7-8-9-10-11-12-13-14-15-16-17-22(32)39-19-21-28(25(35)26(36)29(38)40-21)42-30-27(37)24(34)23(33)20(18-31)41-30/h20-21,23-31,33-38H,2-19H2,1H3/t20-,21-,23+,24+,25-,26-,27-,28-,29?,30+/m1/s1. The molecule has 12 nitrogen and oxygen atoms in total. The molecule has 2 fully saturated rings. The van der Waals surface area contributed by atoms with Crippen molar-refractivity contribution >= 4 is 5.97 Å². The van der Waals surface area contributed by atoms with Gasteiger partial charge in [0.05, 0.1) is 6.61 Å². The summed E-state index contributed by atoms with van der Waals surface area (Å²) in [5.74, 6) is -0.491. The molecule has 0 spiro atoms. The monoisotopic (exact) mass is 608 g/mol. The molecule has 0 amide bonds. The van der Waals surface area contributed by atoms with E-state index in [1.165, 1.54) is 70.6 Å². The molecule has 0 saturated carbocycles. The third-order valence-electron chi connectivity index (χ3n) is 8.19. The number of carbonyl (C=O) groups excluding carboxylic acids is 1. The van der Waals surface area contributed by atoms with E-state index < -0.39 is 80.6 Å². The fourth-order valence-corrected chi connectivity index (χ4v) is 5.44. The first-order valence-electron chi connectivity index (χ1n) is 16.0. The maximum absolute atomic E-state index is 12.3. The summed E-state index contributed by atoms with van der Waals surface area (Å²) in [7, 11) is 0. The molecule has 2 aliphatic rings. The number of carbonyl (C=O) groups is 1. The number of aliphatic hydroxyl groups excluding tert-OH is 7. The molecule has 42 heavy (non-hydrogen) atoms. The fourth-order valence-electron chi connectivity index (χ4n) is 5.44. The molecule has 2 aliphatic heterocycles. The van der Waals surface area contributed by atoms with Gasteiger partial charge in [0.15, 0.2) is 12.6 Å². The molecule has 0 aromatic rings. The molecule has 10 atom stereocenters. The Kier molecular flexibility index (Phi) is 18.6. The minimum atomic E-state index is -1.78. The predicted molar refractivity (Wildman–Crippen MR) is 152 cm³/mol. The minimum absolute atomic E-state index is 0.191. The van der Waals surface area contributed by atoms with Crippen molar-refractivity contribution in [1.82, 2.24) is 0 Å². The molecular formula is C30H56O12. The van der Waals surface area contributed by atoms with Crippen LogP contribution in [0.1, 0.15) is 110 Å². The Morgan fingerprint density at radius 3 is 1.67 bits per heavy atom. The first-order valence-corrected chi connectivity index (χ1v) is 16.0. The number of hydrogen-bond donors (Lipinski definition) is 7. The Morgan fingerprint density at radius 1 is 0.619 bits per heavy atom. The Labute approximate surface area is 249 Å². The van der Waals surface area contributed by atoms with E-state index >= 15 is 0 Å². The first kappa shape index (κ1) is 37.3. The van der Waals surface area contributed by atoms with Crippen molar-refractivity contribution in [2.24, 2.45) is 0 Å². The van der Waals surface area contributed by atoms with Gasteiger partial charge in [-0.15, -0.1) is 0 Å². The SMILES string of the molecule is CCCCCCCCCCCCCCCCCC(=O)OC[C@H]1OC(O)[C@H](O)[C@@H](O)[C@@H]1O[C@@H]1O[C@H](CO)[C@H](O)[C@H](O)[C@H]1O. The molecule has 2 rings (SSSR count). The number of unbranched alkanes of at least 4 members (excludes halogenated alkanes) is 14. The normalized spacial score (nSPS) is 33.5. The Bertz CT molecular complexity index is 710. The second-order valence-corrected chi connectivity index (χ2v) is 11.7. The van der Waals surface area contributed by atoms with Gasteiger partial charge in [0.1, 0.15) is 55.4 Å². The van der Waals surface area contributed by atoms with Gasteiger partial charge >= 0.3 is 5.97 Å². The summed E-state index contributed by atoms with van der Waals surface area (Å²) in [4.78, 5) is 12.3. The topological polar surface area (TPSA) is 196 Å². The summed E-state index contributed by atoms with van der Waals surface area (Å²) < 4.78 is 21.4. The molecule has 0 aliphatic carbocycles. The number of esters is 1. The average Bonchev–Trinajstić information content (AvgIpc) is 2.98. The third kappa shape index (κ3) is 12.6. The van der Waals surface area contributed by atoms with Crippen LogP contribution in [0.15, 0.2) is 0 Å². The van der Waals surface area contributed by atoms with E-state index in [-0.39, 0.29) is 6.42 Å². The summed E-state index contributed by atoms with van der Waals surface area (Å²) in [6.07, 6.45) is 2.48. The fraction of sp³-hybridized carbons (Fsp3) is 0.967. The Balaban J connectivity index is 1.63. The van der Waals surface area contributed by atoms with Crippen molar-refractivity contribution in [3.63, 3.8) is 0 Å². The van der Waals surface area contributed by atoms with Gasteiger partial charge in [-0.2, -0.15) is 0 Å². The van der Waals surface area contributed by atoms with E-state index in [9.17, 15) is 40.5 Å². The number of hydrogen-bond acceptors (Lipinski definition) is 12. The molecule has 248 valence electrons. The molecule has 2 saturated heterocycles. The van der Waals surface area contributed by atoms with Gasteiger partial charge in [-0.05, 0) is 6.42 Å². The van der Waals surface area contributed by atoms with Crippen LogP contribution < -0.4 is 0 Å². The molecule has 1 unspecified atom stereocenters. The highest BCUT2D eigenvalue weighted by Crippen LogP contribution is 2.29. The zero-order valence-corrected chi connectivity index (χ0v) is 25.2. The van der Waals surface area contributed by atoms with Crippen molar-refractivity contribution in [2.75, 3.05) is 13.2 Å². The van der Waals surface area contributed by atoms with E-state index in [4.69, 9.17) is 18.9 Å². The van der Waals surface area contributed by atoms with Crippen LogP contribution in [-0.2, 0) is 23.7 Å². The predicted octanol–water partition coefficient (Wildman–Crippen LogP) is 1.42. The lowest BCUT2D eigenvalue weighted by molar-refractivity contribution is -0.355. The van der Waals surface area contributed by atoms with E-state index in [0.29, 0.717) is 6.42 Å². The maximum Gasteiger partial charge on any atom is 0.305 e. The summed E-state index contributed by atoms with van der Waals surface area (Å²) in [6, 6.07) is 0. The summed E-state index contributed by atoms with van der Waals surface area (Å²) >= 11 is 0. The Hall–Kier alpha value is -0.930. The highest BCUT2D eigenvalue weighted by Gasteiger charge is 2.50. The number of ether oxygens (including phenoxy) is 4. The first-order chi connectivity index (χ1) is 20.2. The average molecular weight is 609 g/mol. The second kappa shape index (κ2) is 20.9. The van der Waals surface area contributed by atoms with Crippen molar-refractivity contribution in [2.45, 2.75) is 171 Å². The zero-order valence-electron chi connectivity index (χ0n) is 25.2. The van der Waals surface area contributed by atoms with Gasteiger partial charge in [-0.3, -0.25) is 4.79 Å². The molecule has 0 aromatic carbocycles. The van der Waals surface area contributed by atoms with Crippen LogP contribution in [0.2, 0.25) is 0 Å². The molecule has 7 N–H and O–H groups in total. The quantitative estimate of drug-likeness (QED) is 0.0732. The smallest absolute Gasteiger partial charge is 0.305 e. The lowest BCUT2D eigenvalue weighted by Gasteiger charge is -2.45. The van der Waals surface area contributed by atoms with Gasteiger partial charge < -0.3 is 54.7 Å². The molecule has 0 aromatic heterocycles. The summed E-state index contributed by atoms with van der Waals surface area (Å²) in [6.45, 7) is 1.14. The third-order valence-corrected chi connectivity index (χ3v) is 8.19. The van der Waals surface area contributed by atoms with Gasteiger partial charge in [0.25, 0.3) is 0 Å². The van der Waals surface area contributed by atoms with E-state index in [1.54, 1.807) is 0 Å². The summed E-state index contributed by atoms with van der Waals surface area (Å²) in [5.41, 5.74) is 0. The molecular weight excluding hydrogens is 552 g/mol. The Morgan fingerprint density at radius 2 is 1.14 bits per heavy atom. The van der Waals surface area contributed by atoms with Crippen LogP contribution in [0.3, 0.4) is 0 Å². The maximum atomic E-state index is 12.3. The summed E-state index contributed by atoms with van der Waals surface area (Å²) in [5, 5.41) is 70.1. The molecule has 0 bridgehead atoms. The van der Waals surface area contributed by atoms with Crippen LogP contribution in [0.25, 0.3) is 0 Å². The van der Waals surface area contributed by atoms with Crippen molar-refractivity contribution in [3.8, 4) is 0 Å². The lowest BCUT2D eigenvalue weighted by Crippen LogP contribution is -2.64. The largest absolute Gasteiger partial charge is 0.463 e. The van der Waals surface area contributed by atoms with Crippen LogP contribution in [0, 0.1) is 0 Å². The van der Waals surface area contributed by atoms with Crippen LogP contribution in [-0.4, -0.2) is 116 Å². The van der Waals surface area contributed by atoms with Gasteiger partial charge in [0, 0.05) is 6.42 Å². The molecule has 2 heterocycles. The van der Waals surface area contributed by atoms with E-state index in [0.717, 1.165) is 19.3 Å². The number of rotatable bonds is 21. The van der Waals surface area contributed by atoms with Gasteiger partial charge in [-0.25, -0.2) is 0 Å². The van der Waals surface area contributed by atoms with E-state index in [2.05, 4.69) is 6.92 Å². The molecule has 12 heteroatoms. The van der Waals surface area contributed by atoms with Gasteiger partial charge in [-0.1, -0.05) is 96.8 Å². The highest BCUT2D eigenvalue weighted by molar-refractivity contribution is 5.69. The second-order valence-electron chi connectivity index (χ2n) is 11.7.